The summed E-state index contributed by atoms with van der Waals surface area (Å²) in [6.45, 7) is 0.648. The predicted molar refractivity (Wildman–Crippen MR) is 112 cm³/mol. The highest BCUT2D eigenvalue weighted by atomic mass is 35.5. The van der Waals surface area contributed by atoms with Crippen molar-refractivity contribution in [3.05, 3.63) is 69.2 Å². The SMILES string of the molecule is COCCOc1nc(-c2ccc(Cl)cc2Cl)c(-c2ccc(Cl)cc2)cc1C#N. The molecule has 0 aliphatic rings. The summed E-state index contributed by atoms with van der Waals surface area (Å²) in [6, 6.07) is 16.3. The molecule has 3 aromatic rings. The molecule has 2 aromatic carbocycles. The summed E-state index contributed by atoms with van der Waals surface area (Å²) in [5.74, 6) is 0.221. The Morgan fingerprint density at radius 1 is 0.929 bits per heavy atom. The second-order valence-corrected chi connectivity index (χ2v) is 7.10. The van der Waals surface area contributed by atoms with Crippen molar-refractivity contribution in [2.75, 3.05) is 20.3 Å². The van der Waals surface area contributed by atoms with Crippen LogP contribution in [0.1, 0.15) is 5.56 Å². The minimum Gasteiger partial charge on any atom is -0.474 e. The summed E-state index contributed by atoms with van der Waals surface area (Å²) in [7, 11) is 1.57. The molecule has 0 atom stereocenters. The Balaban J connectivity index is 2.21. The average molecular weight is 434 g/mol. The first kappa shape index (κ1) is 20.4. The molecule has 3 rings (SSSR count). The lowest BCUT2D eigenvalue weighted by Gasteiger charge is -2.15. The third-order valence-electron chi connectivity index (χ3n) is 3.98. The lowest BCUT2D eigenvalue weighted by Crippen LogP contribution is -2.07. The molecule has 0 radical (unpaired) electrons. The van der Waals surface area contributed by atoms with E-state index in [1.165, 1.54) is 0 Å². The van der Waals surface area contributed by atoms with Crippen LogP contribution in [0.5, 0.6) is 5.88 Å². The number of nitrogens with zero attached hydrogens (tertiary/aromatic N) is 2. The Morgan fingerprint density at radius 2 is 1.64 bits per heavy atom. The summed E-state index contributed by atoms with van der Waals surface area (Å²) in [5, 5.41) is 11.2. The number of aromatic nitrogens is 1. The highest BCUT2D eigenvalue weighted by Crippen LogP contribution is 2.38. The van der Waals surface area contributed by atoms with Crippen LogP contribution in [0.4, 0.5) is 0 Å². The molecular weight excluding hydrogens is 419 g/mol. The van der Waals surface area contributed by atoms with Gasteiger partial charge in [-0.25, -0.2) is 4.98 Å². The van der Waals surface area contributed by atoms with Gasteiger partial charge in [0.25, 0.3) is 0 Å². The highest BCUT2D eigenvalue weighted by molar-refractivity contribution is 6.36. The molecule has 0 unspecified atom stereocenters. The van der Waals surface area contributed by atoms with E-state index >= 15 is 0 Å². The molecule has 142 valence electrons. The van der Waals surface area contributed by atoms with Crippen LogP contribution in [0.2, 0.25) is 15.1 Å². The number of hydrogen-bond donors (Lipinski definition) is 0. The van der Waals surface area contributed by atoms with Gasteiger partial charge in [-0.3, -0.25) is 0 Å². The minimum atomic E-state index is 0.221. The van der Waals surface area contributed by atoms with Crippen LogP contribution >= 0.6 is 34.8 Å². The second-order valence-electron chi connectivity index (χ2n) is 5.82. The Hall–Kier alpha value is -2.29. The third kappa shape index (κ3) is 4.57. The maximum Gasteiger partial charge on any atom is 0.232 e. The van der Waals surface area contributed by atoms with Crippen LogP contribution in [0.3, 0.4) is 0 Å². The molecule has 1 aromatic heterocycles. The average Bonchev–Trinajstić information content (AvgIpc) is 2.69. The maximum atomic E-state index is 9.58. The fourth-order valence-electron chi connectivity index (χ4n) is 2.64. The van der Waals surface area contributed by atoms with Crippen molar-refractivity contribution in [1.82, 2.24) is 4.98 Å². The van der Waals surface area contributed by atoms with Gasteiger partial charge in [-0.1, -0.05) is 46.9 Å². The summed E-state index contributed by atoms with van der Waals surface area (Å²) in [5.41, 5.74) is 3.15. The highest BCUT2D eigenvalue weighted by Gasteiger charge is 2.18. The van der Waals surface area contributed by atoms with Crippen molar-refractivity contribution in [1.29, 1.82) is 5.26 Å². The smallest absolute Gasteiger partial charge is 0.232 e. The van der Waals surface area contributed by atoms with E-state index in [-0.39, 0.29) is 12.5 Å². The third-order valence-corrected chi connectivity index (χ3v) is 4.78. The van der Waals surface area contributed by atoms with Crippen LogP contribution in [0.25, 0.3) is 22.4 Å². The molecular formula is C21H15Cl3N2O2. The number of hydrogen-bond acceptors (Lipinski definition) is 4. The zero-order valence-corrected chi connectivity index (χ0v) is 17.1. The first-order valence-electron chi connectivity index (χ1n) is 8.31. The molecule has 0 saturated heterocycles. The summed E-state index contributed by atoms with van der Waals surface area (Å²) < 4.78 is 10.7. The zero-order valence-electron chi connectivity index (χ0n) is 14.9. The normalized spacial score (nSPS) is 10.5. The van der Waals surface area contributed by atoms with Crippen molar-refractivity contribution in [3.63, 3.8) is 0 Å². The Morgan fingerprint density at radius 3 is 2.29 bits per heavy atom. The van der Waals surface area contributed by atoms with Crippen molar-refractivity contribution < 1.29 is 9.47 Å². The van der Waals surface area contributed by atoms with Gasteiger partial charge < -0.3 is 9.47 Å². The predicted octanol–water partition coefficient (Wildman–Crippen LogP) is 6.27. The van der Waals surface area contributed by atoms with Gasteiger partial charge >= 0.3 is 0 Å². The van der Waals surface area contributed by atoms with Crippen LogP contribution < -0.4 is 4.74 Å². The molecule has 0 bridgehead atoms. The van der Waals surface area contributed by atoms with E-state index in [9.17, 15) is 5.26 Å². The molecule has 28 heavy (non-hydrogen) atoms. The van der Waals surface area contributed by atoms with Gasteiger partial charge in [0, 0.05) is 28.3 Å². The summed E-state index contributed by atoms with van der Waals surface area (Å²) >= 11 is 18.5. The van der Waals surface area contributed by atoms with Crippen LogP contribution in [0.15, 0.2) is 48.5 Å². The lowest BCUT2D eigenvalue weighted by atomic mass is 9.97. The number of halogens is 3. The Labute approximate surface area is 178 Å². The fourth-order valence-corrected chi connectivity index (χ4v) is 3.27. The van der Waals surface area contributed by atoms with Crippen LogP contribution in [0, 0.1) is 11.3 Å². The van der Waals surface area contributed by atoms with E-state index in [4.69, 9.17) is 44.3 Å². The van der Waals surface area contributed by atoms with E-state index in [0.29, 0.717) is 38.5 Å². The van der Waals surface area contributed by atoms with Gasteiger partial charge in [0.05, 0.1) is 17.3 Å². The molecule has 0 aliphatic heterocycles. The summed E-state index contributed by atoms with van der Waals surface area (Å²) in [6.07, 6.45) is 0. The van der Waals surface area contributed by atoms with Gasteiger partial charge in [0.1, 0.15) is 18.2 Å². The fraction of sp³-hybridized carbons (Fsp3) is 0.143. The number of pyridine rings is 1. The molecule has 0 N–H and O–H groups in total. The Bertz CT molecular complexity index is 1030. The van der Waals surface area contributed by atoms with Gasteiger partial charge in [0.2, 0.25) is 5.88 Å². The first-order chi connectivity index (χ1) is 13.5. The largest absolute Gasteiger partial charge is 0.474 e. The van der Waals surface area contributed by atoms with Crippen LogP contribution in [-0.4, -0.2) is 25.3 Å². The van der Waals surface area contributed by atoms with Crippen molar-refractivity contribution >= 4 is 34.8 Å². The lowest BCUT2D eigenvalue weighted by molar-refractivity contribution is 0.143. The maximum absolute atomic E-state index is 9.58. The molecule has 7 heteroatoms. The molecule has 1 heterocycles. The molecule has 0 amide bonds. The van der Waals surface area contributed by atoms with Crippen LogP contribution in [-0.2, 0) is 4.74 Å². The van der Waals surface area contributed by atoms with Gasteiger partial charge in [-0.2, -0.15) is 5.26 Å². The van der Waals surface area contributed by atoms with E-state index in [0.717, 1.165) is 11.1 Å². The van der Waals surface area contributed by atoms with Crippen molar-refractivity contribution in [2.24, 2.45) is 0 Å². The number of rotatable bonds is 6. The standard InChI is InChI=1S/C21H15Cl3N2O2/c1-27-8-9-28-21-14(12-25)10-18(13-2-4-15(22)5-3-13)20(26-21)17-7-6-16(23)11-19(17)24/h2-7,10-11H,8-9H2,1H3. The van der Waals surface area contributed by atoms with Crippen molar-refractivity contribution in [3.8, 4) is 34.3 Å². The Kier molecular flexibility index (Phi) is 6.77. The summed E-state index contributed by atoms with van der Waals surface area (Å²) in [4.78, 5) is 4.61. The van der Waals surface area contributed by atoms with E-state index < -0.39 is 0 Å². The molecule has 4 nitrogen and oxygen atoms in total. The number of methoxy groups -OCH3 is 1. The number of ether oxygens (including phenoxy) is 2. The van der Waals surface area contributed by atoms with E-state index in [2.05, 4.69) is 11.1 Å². The zero-order chi connectivity index (χ0) is 20.1. The quantitative estimate of drug-likeness (QED) is 0.430. The molecule has 0 saturated carbocycles. The van der Waals surface area contributed by atoms with Gasteiger partial charge in [0.15, 0.2) is 0 Å². The second kappa shape index (κ2) is 9.27. The minimum absolute atomic E-state index is 0.221. The van der Waals surface area contributed by atoms with E-state index in [1.807, 2.05) is 12.1 Å². The molecule has 0 fully saturated rings. The molecule has 0 aliphatic carbocycles. The topological polar surface area (TPSA) is 55.1 Å². The van der Waals surface area contributed by atoms with E-state index in [1.54, 1.807) is 43.5 Å². The van der Waals surface area contributed by atoms with Gasteiger partial charge in [-0.15, -0.1) is 0 Å². The monoisotopic (exact) mass is 432 g/mol. The molecule has 0 spiro atoms. The first-order valence-corrected chi connectivity index (χ1v) is 9.45. The number of nitriles is 1. The van der Waals surface area contributed by atoms with Crippen molar-refractivity contribution in [2.45, 2.75) is 0 Å². The van der Waals surface area contributed by atoms with Gasteiger partial charge in [-0.05, 0) is 42.0 Å². The number of benzene rings is 2.